The molecule has 1 aromatic rings. The molecule has 6 heteroatoms. The van der Waals surface area contributed by atoms with Gasteiger partial charge in [-0.3, -0.25) is 0 Å². The van der Waals surface area contributed by atoms with E-state index in [4.69, 9.17) is 9.47 Å². The first-order chi connectivity index (χ1) is 9.19. The molecule has 0 aliphatic carbocycles. The third-order valence-corrected chi connectivity index (χ3v) is 4.66. The molecule has 0 N–H and O–H groups in total. The quantitative estimate of drug-likeness (QED) is 0.831. The minimum atomic E-state index is -0.0276. The van der Waals surface area contributed by atoms with Gasteiger partial charge in [0.25, 0.3) is 0 Å². The molecule has 3 heterocycles. The van der Waals surface area contributed by atoms with E-state index in [0.717, 1.165) is 56.7 Å². The van der Waals surface area contributed by atoms with Gasteiger partial charge in [-0.15, -0.1) is 0 Å². The Kier molecular flexibility index (Phi) is 3.73. The first-order valence-corrected chi connectivity index (χ1v) is 7.76. The third kappa shape index (κ3) is 2.75. The van der Waals surface area contributed by atoms with Crippen LogP contribution in [0.4, 0.5) is 5.13 Å². The molecule has 106 valence electrons. The molecule has 19 heavy (non-hydrogen) atoms. The zero-order valence-corrected chi connectivity index (χ0v) is 12.4. The maximum atomic E-state index is 6.05. The maximum absolute atomic E-state index is 6.05. The molecule has 0 unspecified atom stereocenters. The molecule has 0 amide bonds. The average molecular weight is 283 g/mol. The molecule has 3 rings (SSSR count). The normalized spacial score (nSPS) is 23.2. The van der Waals surface area contributed by atoms with E-state index in [1.807, 2.05) is 0 Å². The summed E-state index contributed by atoms with van der Waals surface area (Å²) in [4.78, 5) is 6.99. The Hall–Kier alpha value is -0.720. The molecule has 0 atom stereocenters. The molecule has 5 nitrogen and oxygen atoms in total. The number of anilines is 1. The van der Waals surface area contributed by atoms with Crippen LogP contribution in [0.2, 0.25) is 0 Å². The molecule has 0 saturated carbocycles. The van der Waals surface area contributed by atoms with Crippen LogP contribution in [0, 0.1) is 0 Å². The lowest BCUT2D eigenvalue weighted by Gasteiger charge is -2.44. The van der Waals surface area contributed by atoms with E-state index in [2.05, 4.69) is 28.1 Å². The summed E-state index contributed by atoms with van der Waals surface area (Å²) in [6, 6.07) is 0. The molecule has 0 aromatic carbocycles. The molecule has 2 fully saturated rings. The fourth-order valence-electron chi connectivity index (χ4n) is 2.64. The molecule has 1 spiro atoms. The Morgan fingerprint density at radius 1 is 1.26 bits per heavy atom. The molecule has 2 saturated heterocycles. The van der Waals surface area contributed by atoms with Crippen LogP contribution in [0.1, 0.15) is 38.4 Å². The van der Waals surface area contributed by atoms with Gasteiger partial charge in [0.1, 0.15) is 5.82 Å². The maximum Gasteiger partial charge on any atom is 0.205 e. The number of morpholine rings is 1. The number of ether oxygens (including phenoxy) is 2. The Labute approximate surface area is 118 Å². The van der Waals surface area contributed by atoms with E-state index in [-0.39, 0.29) is 5.60 Å². The largest absolute Gasteiger partial charge is 0.381 e. The van der Waals surface area contributed by atoms with Crippen molar-refractivity contribution in [3.63, 3.8) is 0 Å². The molecule has 2 aliphatic rings. The first-order valence-electron chi connectivity index (χ1n) is 6.99. The van der Waals surface area contributed by atoms with E-state index >= 15 is 0 Å². The number of hydrogen-bond acceptors (Lipinski definition) is 6. The van der Waals surface area contributed by atoms with Crippen LogP contribution in [-0.4, -0.2) is 47.9 Å². The number of hydrogen-bond donors (Lipinski definition) is 0. The summed E-state index contributed by atoms with van der Waals surface area (Å²) in [5.41, 5.74) is -0.0276. The third-order valence-electron chi connectivity index (χ3n) is 3.87. The zero-order chi connectivity index (χ0) is 13.3. The monoisotopic (exact) mass is 283 g/mol. The fraction of sp³-hybridized carbons (Fsp3) is 0.846. The van der Waals surface area contributed by atoms with E-state index in [1.54, 1.807) is 0 Å². The van der Waals surface area contributed by atoms with Crippen LogP contribution in [-0.2, 0) is 9.47 Å². The van der Waals surface area contributed by atoms with Crippen molar-refractivity contribution < 1.29 is 9.47 Å². The second-order valence-electron chi connectivity index (χ2n) is 5.66. The molecular weight excluding hydrogens is 262 g/mol. The van der Waals surface area contributed by atoms with E-state index in [0.29, 0.717) is 5.92 Å². The van der Waals surface area contributed by atoms with Crippen LogP contribution in [0.25, 0.3) is 0 Å². The summed E-state index contributed by atoms with van der Waals surface area (Å²) in [6.07, 6.45) is 1.97. The summed E-state index contributed by atoms with van der Waals surface area (Å²) in [5, 5.41) is 1.04. The van der Waals surface area contributed by atoms with Gasteiger partial charge in [-0.05, 0) is 0 Å². The van der Waals surface area contributed by atoms with Gasteiger partial charge < -0.3 is 14.4 Å². The van der Waals surface area contributed by atoms with Crippen LogP contribution >= 0.6 is 11.5 Å². The van der Waals surface area contributed by atoms with Crippen molar-refractivity contribution in [1.29, 1.82) is 0 Å². The molecule has 1 aromatic heterocycles. The van der Waals surface area contributed by atoms with Crippen molar-refractivity contribution >= 4 is 16.7 Å². The second kappa shape index (κ2) is 5.34. The van der Waals surface area contributed by atoms with Crippen LogP contribution in [0.5, 0.6) is 0 Å². The molecular formula is C13H21N3O2S. The number of rotatable bonds is 2. The second-order valence-corrected chi connectivity index (χ2v) is 6.39. The lowest BCUT2D eigenvalue weighted by Crippen LogP contribution is -2.54. The first kappa shape index (κ1) is 13.3. The molecule has 0 bridgehead atoms. The van der Waals surface area contributed by atoms with Gasteiger partial charge >= 0.3 is 0 Å². The van der Waals surface area contributed by atoms with Gasteiger partial charge in [0, 0.05) is 56.6 Å². The summed E-state index contributed by atoms with van der Waals surface area (Å²) < 4.78 is 15.9. The van der Waals surface area contributed by atoms with Crippen molar-refractivity contribution in [2.24, 2.45) is 0 Å². The van der Waals surface area contributed by atoms with Gasteiger partial charge in [0.05, 0.1) is 12.2 Å². The van der Waals surface area contributed by atoms with Crippen LogP contribution in [0.15, 0.2) is 0 Å². The van der Waals surface area contributed by atoms with E-state index in [9.17, 15) is 0 Å². The van der Waals surface area contributed by atoms with E-state index < -0.39 is 0 Å². The van der Waals surface area contributed by atoms with Crippen molar-refractivity contribution in [1.82, 2.24) is 9.36 Å². The van der Waals surface area contributed by atoms with Crippen LogP contribution < -0.4 is 4.90 Å². The summed E-state index contributed by atoms with van der Waals surface area (Å²) in [5.74, 6) is 1.34. The van der Waals surface area contributed by atoms with Crippen molar-refractivity contribution in [3.8, 4) is 0 Å². The summed E-state index contributed by atoms with van der Waals surface area (Å²) in [7, 11) is 0. The van der Waals surface area contributed by atoms with Gasteiger partial charge in [-0.2, -0.15) is 4.37 Å². The SMILES string of the molecule is CC(C)c1nsc(N2CCOC3(CCOCC3)C2)n1. The van der Waals surface area contributed by atoms with Crippen molar-refractivity contribution in [2.75, 3.05) is 37.8 Å². The zero-order valence-electron chi connectivity index (χ0n) is 11.6. The fourth-order valence-corrected chi connectivity index (χ4v) is 3.48. The Morgan fingerprint density at radius 2 is 2.05 bits per heavy atom. The Bertz CT molecular complexity index is 424. The standard InChI is InChI=1S/C13H21N3O2S/c1-10(2)11-14-12(19-15-11)16-5-8-18-13(9-16)3-6-17-7-4-13/h10H,3-9H2,1-2H3. The highest BCUT2D eigenvalue weighted by atomic mass is 32.1. The summed E-state index contributed by atoms with van der Waals surface area (Å²) >= 11 is 1.51. The minimum Gasteiger partial charge on any atom is -0.381 e. The van der Waals surface area contributed by atoms with Gasteiger partial charge in [-0.25, -0.2) is 4.98 Å². The lowest BCUT2D eigenvalue weighted by atomic mass is 9.92. The Morgan fingerprint density at radius 3 is 2.74 bits per heavy atom. The van der Waals surface area contributed by atoms with Gasteiger partial charge in [0.2, 0.25) is 5.13 Å². The minimum absolute atomic E-state index is 0.0276. The highest BCUT2D eigenvalue weighted by molar-refractivity contribution is 7.09. The predicted molar refractivity (Wildman–Crippen MR) is 74.9 cm³/mol. The topological polar surface area (TPSA) is 47.5 Å². The number of nitrogens with zero attached hydrogens (tertiary/aromatic N) is 3. The molecule has 0 radical (unpaired) electrons. The number of aromatic nitrogens is 2. The molecule has 2 aliphatic heterocycles. The smallest absolute Gasteiger partial charge is 0.205 e. The van der Waals surface area contributed by atoms with Crippen molar-refractivity contribution in [2.45, 2.75) is 38.2 Å². The van der Waals surface area contributed by atoms with Crippen molar-refractivity contribution in [3.05, 3.63) is 5.82 Å². The predicted octanol–water partition coefficient (Wildman–Crippen LogP) is 2.05. The van der Waals surface area contributed by atoms with Crippen LogP contribution in [0.3, 0.4) is 0 Å². The lowest BCUT2D eigenvalue weighted by molar-refractivity contribution is -0.116. The summed E-state index contributed by atoms with van der Waals surface area (Å²) in [6.45, 7) is 8.48. The van der Waals surface area contributed by atoms with E-state index in [1.165, 1.54) is 11.5 Å². The highest BCUT2D eigenvalue weighted by Gasteiger charge is 2.39. The average Bonchev–Trinajstić information content (AvgIpc) is 2.89. The highest BCUT2D eigenvalue weighted by Crippen LogP contribution is 2.32. The Balaban J connectivity index is 1.73. The van der Waals surface area contributed by atoms with Gasteiger partial charge in [-0.1, -0.05) is 13.8 Å². The van der Waals surface area contributed by atoms with Gasteiger partial charge in [0.15, 0.2) is 0 Å².